The van der Waals surface area contributed by atoms with Crippen molar-refractivity contribution in [1.29, 1.82) is 0 Å². The highest BCUT2D eigenvalue weighted by molar-refractivity contribution is 5.78. The second kappa shape index (κ2) is 9.43. The molecule has 2 amide bonds. The third-order valence-corrected chi connectivity index (χ3v) is 4.08. The Kier molecular flexibility index (Phi) is 7.25. The first kappa shape index (κ1) is 21.5. The summed E-state index contributed by atoms with van der Waals surface area (Å²) in [6.45, 7) is 7.57. The van der Waals surface area contributed by atoms with Crippen LogP contribution in [0.4, 0.5) is 9.59 Å². The molecule has 154 valence electrons. The average molecular weight is 392 g/mol. The summed E-state index contributed by atoms with van der Waals surface area (Å²) in [6.07, 6.45) is -1.20. The summed E-state index contributed by atoms with van der Waals surface area (Å²) >= 11 is 0. The van der Waals surface area contributed by atoms with E-state index in [0.29, 0.717) is 0 Å². The zero-order valence-electron chi connectivity index (χ0n) is 16.8. The molecule has 1 saturated heterocycles. The second-order valence-electron chi connectivity index (χ2n) is 7.56. The molecule has 2 rings (SSSR count). The highest BCUT2D eigenvalue weighted by atomic mass is 16.6. The number of carbonyl (C=O) groups excluding carboxylic acids is 3. The molecule has 2 atom stereocenters. The van der Waals surface area contributed by atoms with Crippen LogP contribution in [0.25, 0.3) is 0 Å². The molecular weight excluding hydrogens is 364 g/mol. The zero-order chi connectivity index (χ0) is 20.7. The number of rotatable bonds is 5. The van der Waals surface area contributed by atoms with E-state index in [9.17, 15) is 14.4 Å². The third-order valence-electron chi connectivity index (χ3n) is 4.08. The van der Waals surface area contributed by atoms with Crippen LogP contribution in [-0.4, -0.2) is 54.4 Å². The van der Waals surface area contributed by atoms with Crippen molar-refractivity contribution in [2.75, 3.05) is 19.7 Å². The normalized spacial score (nSPS) is 19.1. The van der Waals surface area contributed by atoms with Crippen molar-refractivity contribution in [3.8, 4) is 0 Å². The zero-order valence-corrected chi connectivity index (χ0v) is 16.8. The van der Waals surface area contributed by atoms with E-state index >= 15 is 0 Å². The number of benzene rings is 1. The fourth-order valence-corrected chi connectivity index (χ4v) is 2.83. The summed E-state index contributed by atoms with van der Waals surface area (Å²) in [6, 6.07) is 8.64. The number of ether oxygens (including phenoxy) is 3. The van der Waals surface area contributed by atoms with Crippen molar-refractivity contribution >= 4 is 18.2 Å². The van der Waals surface area contributed by atoms with Crippen molar-refractivity contribution in [1.82, 2.24) is 10.2 Å². The Morgan fingerprint density at radius 3 is 2.39 bits per heavy atom. The molecule has 8 heteroatoms. The number of esters is 1. The number of nitrogens with zero attached hydrogens (tertiary/aromatic N) is 1. The van der Waals surface area contributed by atoms with E-state index in [1.807, 2.05) is 30.3 Å². The van der Waals surface area contributed by atoms with Gasteiger partial charge in [-0.1, -0.05) is 30.3 Å². The van der Waals surface area contributed by atoms with Gasteiger partial charge < -0.3 is 24.4 Å². The van der Waals surface area contributed by atoms with Gasteiger partial charge in [0.2, 0.25) is 0 Å². The first-order valence-corrected chi connectivity index (χ1v) is 9.31. The van der Waals surface area contributed by atoms with Gasteiger partial charge in [0.15, 0.2) is 0 Å². The molecule has 28 heavy (non-hydrogen) atoms. The predicted octanol–water partition coefficient (Wildman–Crippen LogP) is 2.71. The molecule has 1 aliphatic heterocycles. The van der Waals surface area contributed by atoms with E-state index in [1.54, 1.807) is 27.7 Å². The smallest absolute Gasteiger partial charge is 0.410 e. The number of hydrogen-bond donors (Lipinski definition) is 1. The lowest BCUT2D eigenvalue weighted by Crippen LogP contribution is -2.44. The number of amides is 2. The van der Waals surface area contributed by atoms with Crippen LogP contribution in [0, 0.1) is 5.92 Å². The van der Waals surface area contributed by atoms with Crippen LogP contribution in [0.1, 0.15) is 33.3 Å². The Balaban J connectivity index is 1.98. The first-order valence-electron chi connectivity index (χ1n) is 9.31. The van der Waals surface area contributed by atoms with Crippen LogP contribution in [0.2, 0.25) is 0 Å². The lowest BCUT2D eigenvalue weighted by molar-refractivity contribution is -0.148. The molecular formula is C20H28N2O6. The van der Waals surface area contributed by atoms with Gasteiger partial charge in [0.1, 0.15) is 12.2 Å². The SMILES string of the molecule is CCOC(=O)[C@H]1CN(C(=O)OC(C)(C)C)C[C@@H]1NC(=O)OCc1ccccc1. The molecule has 1 fully saturated rings. The molecule has 1 aliphatic rings. The number of carbonyl (C=O) groups is 3. The fraction of sp³-hybridized carbons (Fsp3) is 0.550. The monoisotopic (exact) mass is 392 g/mol. The molecule has 0 radical (unpaired) electrons. The van der Waals surface area contributed by atoms with E-state index < -0.39 is 35.7 Å². The van der Waals surface area contributed by atoms with E-state index in [2.05, 4.69) is 5.32 Å². The van der Waals surface area contributed by atoms with Gasteiger partial charge in [0.05, 0.1) is 18.6 Å². The lowest BCUT2D eigenvalue weighted by atomic mass is 10.0. The second-order valence-corrected chi connectivity index (χ2v) is 7.56. The van der Waals surface area contributed by atoms with Gasteiger partial charge in [-0.25, -0.2) is 9.59 Å². The summed E-state index contributed by atoms with van der Waals surface area (Å²) in [5.74, 6) is -1.15. The minimum absolute atomic E-state index is 0.109. The van der Waals surface area contributed by atoms with Gasteiger partial charge in [-0.05, 0) is 33.3 Å². The Hall–Kier alpha value is -2.77. The van der Waals surface area contributed by atoms with Crippen LogP contribution >= 0.6 is 0 Å². The molecule has 0 aliphatic carbocycles. The van der Waals surface area contributed by atoms with Crippen molar-refractivity contribution in [2.45, 2.75) is 45.9 Å². The highest BCUT2D eigenvalue weighted by Crippen LogP contribution is 2.22. The van der Waals surface area contributed by atoms with Crippen molar-refractivity contribution in [3.63, 3.8) is 0 Å². The van der Waals surface area contributed by atoms with Crippen LogP contribution in [0.15, 0.2) is 30.3 Å². The Bertz CT molecular complexity index is 686. The molecule has 1 aromatic carbocycles. The summed E-state index contributed by atoms with van der Waals surface area (Å²) in [5, 5.41) is 2.67. The summed E-state index contributed by atoms with van der Waals surface area (Å²) < 4.78 is 15.7. The van der Waals surface area contributed by atoms with Gasteiger partial charge >= 0.3 is 18.2 Å². The van der Waals surface area contributed by atoms with Crippen molar-refractivity contribution in [3.05, 3.63) is 35.9 Å². The van der Waals surface area contributed by atoms with Crippen LogP contribution in [0.3, 0.4) is 0 Å². The standard InChI is InChI=1S/C20H28N2O6/c1-5-26-17(23)15-11-22(19(25)28-20(2,3)4)12-16(15)21-18(24)27-13-14-9-7-6-8-10-14/h6-10,15-16H,5,11-13H2,1-4H3,(H,21,24)/t15-,16-/m0/s1. The number of likely N-dealkylation sites (tertiary alicyclic amines) is 1. The van der Waals surface area contributed by atoms with Crippen LogP contribution < -0.4 is 5.32 Å². The molecule has 0 aromatic heterocycles. The molecule has 0 unspecified atom stereocenters. The van der Waals surface area contributed by atoms with Crippen molar-refractivity contribution < 1.29 is 28.6 Å². The van der Waals surface area contributed by atoms with Gasteiger partial charge in [-0.15, -0.1) is 0 Å². The van der Waals surface area contributed by atoms with E-state index in [4.69, 9.17) is 14.2 Å². The lowest BCUT2D eigenvalue weighted by Gasteiger charge is -2.24. The molecule has 8 nitrogen and oxygen atoms in total. The topological polar surface area (TPSA) is 94.2 Å². The molecule has 1 N–H and O–H groups in total. The quantitative estimate of drug-likeness (QED) is 0.612. The molecule has 1 aromatic rings. The van der Waals surface area contributed by atoms with Crippen LogP contribution in [-0.2, 0) is 25.6 Å². The summed E-state index contributed by atoms with van der Waals surface area (Å²) in [7, 11) is 0. The minimum atomic E-state index is -0.684. The minimum Gasteiger partial charge on any atom is -0.466 e. The van der Waals surface area contributed by atoms with Gasteiger partial charge in [-0.2, -0.15) is 0 Å². The highest BCUT2D eigenvalue weighted by Gasteiger charge is 2.42. The van der Waals surface area contributed by atoms with Gasteiger partial charge in [0, 0.05) is 13.1 Å². The Labute approximate surface area is 165 Å². The summed E-state index contributed by atoms with van der Waals surface area (Å²) in [4.78, 5) is 38.2. The van der Waals surface area contributed by atoms with Gasteiger partial charge in [-0.3, -0.25) is 4.79 Å². The van der Waals surface area contributed by atoms with E-state index in [-0.39, 0.29) is 26.3 Å². The average Bonchev–Trinajstić information content (AvgIpc) is 3.04. The predicted molar refractivity (Wildman–Crippen MR) is 101 cm³/mol. The number of nitrogens with one attached hydrogen (secondary N) is 1. The van der Waals surface area contributed by atoms with Crippen LogP contribution in [0.5, 0.6) is 0 Å². The molecule has 0 bridgehead atoms. The number of hydrogen-bond acceptors (Lipinski definition) is 6. The Morgan fingerprint density at radius 2 is 1.79 bits per heavy atom. The molecule has 1 heterocycles. The summed E-state index contributed by atoms with van der Waals surface area (Å²) in [5.41, 5.74) is 0.192. The number of alkyl carbamates (subject to hydrolysis) is 1. The molecule has 0 saturated carbocycles. The first-order chi connectivity index (χ1) is 13.2. The van der Waals surface area contributed by atoms with E-state index in [1.165, 1.54) is 4.90 Å². The maximum atomic E-state index is 12.3. The largest absolute Gasteiger partial charge is 0.466 e. The maximum Gasteiger partial charge on any atom is 0.410 e. The van der Waals surface area contributed by atoms with Crippen molar-refractivity contribution in [2.24, 2.45) is 5.92 Å². The molecule has 0 spiro atoms. The Morgan fingerprint density at radius 1 is 1.11 bits per heavy atom. The van der Waals surface area contributed by atoms with Gasteiger partial charge in [0.25, 0.3) is 0 Å². The fourth-order valence-electron chi connectivity index (χ4n) is 2.83. The maximum absolute atomic E-state index is 12.3. The third kappa shape index (κ3) is 6.44. The van der Waals surface area contributed by atoms with E-state index in [0.717, 1.165) is 5.56 Å².